The molecule has 1 N–H and O–H groups in total. The lowest BCUT2D eigenvalue weighted by molar-refractivity contribution is 0.644. The molecule has 2 heterocycles. The fourth-order valence-corrected chi connectivity index (χ4v) is 2.41. The number of benzene rings is 1. The molecule has 3 rings (SSSR count). The van der Waals surface area contributed by atoms with Crippen LogP contribution in [0, 0.1) is 0 Å². The van der Waals surface area contributed by atoms with Gasteiger partial charge >= 0.3 is 0 Å². The van der Waals surface area contributed by atoms with Crippen molar-refractivity contribution in [2.75, 3.05) is 6.54 Å². The van der Waals surface area contributed by atoms with Crippen LogP contribution in [-0.4, -0.2) is 16.3 Å². The first-order chi connectivity index (χ1) is 7.86. The smallest absolute Gasteiger partial charge is 0.0681 e. The number of rotatable bonds is 1. The van der Waals surface area contributed by atoms with Gasteiger partial charge in [-0.15, -0.1) is 0 Å². The van der Waals surface area contributed by atoms with Crippen molar-refractivity contribution < 1.29 is 0 Å². The fraction of sp³-hybridized carbons (Fsp3) is 0.308. The highest BCUT2D eigenvalue weighted by Crippen LogP contribution is 2.27. The largest absolute Gasteiger partial charge is 0.312 e. The average Bonchev–Trinajstić information content (AvgIpc) is 2.75. The Morgan fingerprint density at radius 1 is 1.31 bits per heavy atom. The zero-order valence-corrected chi connectivity index (χ0v) is 9.40. The van der Waals surface area contributed by atoms with Crippen molar-refractivity contribution in [2.24, 2.45) is 7.05 Å². The van der Waals surface area contributed by atoms with E-state index in [1.165, 1.54) is 22.4 Å². The van der Waals surface area contributed by atoms with Gasteiger partial charge in [-0.25, -0.2) is 0 Å². The van der Waals surface area contributed by atoms with Crippen molar-refractivity contribution in [3.05, 3.63) is 41.6 Å². The van der Waals surface area contributed by atoms with Gasteiger partial charge in [0.1, 0.15) is 0 Å². The van der Waals surface area contributed by atoms with Gasteiger partial charge in [-0.1, -0.05) is 18.2 Å². The van der Waals surface area contributed by atoms with Gasteiger partial charge in [-0.3, -0.25) is 4.68 Å². The molecule has 0 amide bonds. The summed E-state index contributed by atoms with van der Waals surface area (Å²) in [7, 11) is 2.00. The second-order valence-electron chi connectivity index (χ2n) is 4.21. The van der Waals surface area contributed by atoms with Crippen molar-refractivity contribution in [3.8, 4) is 11.3 Å². The number of fused-ring (bicyclic) bond motifs is 1. The number of nitrogens with zero attached hydrogens (tertiary/aromatic N) is 2. The topological polar surface area (TPSA) is 29.9 Å². The van der Waals surface area contributed by atoms with Gasteiger partial charge in [0.2, 0.25) is 0 Å². The molecular formula is C13H15N3. The monoisotopic (exact) mass is 213 g/mol. The molecule has 0 spiro atoms. The minimum Gasteiger partial charge on any atom is -0.312 e. The molecule has 1 aromatic heterocycles. The Morgan fingerprint density at radius 3 is 3.06 bits per heavy atom. The maximum Gasteiger partial charge on any atom is 0.0681 e. The normalized spacial score (nSPS) is 14.8. The van der Waals surface area contributed by atoms with Gasteiger partial charge in [0, 0.05) is 25.4 Å². The fourth-order valence-electron chi connectivity index (χ4n) is 2.41. The lowest BCUT2D eigenvalue weighted by Crippen LogP contribution is -2.24. The van der Waals surface area contributed by atoms with Crippen molar-refractivity contribution in [2.45, 2.75) is 13.0 Å². The van der Waals surface area contributed by atoms with Gasteiger partial charge in [0.05, 0.1) is 5.69 Å². The first-order valence-electron chi connectivity index (χ1n) is 5.66. The summed E-state index contributed by atoms with van der Waals surface area (Å²) < 4.78 is 1.94. The van der Waals surface area contributed by atoms with E-state index < -0.39 is 0 Å². The van der Waals surface area contributed by atoms with Gasteiger partial charge in [0.15, 0.2) is 0 Å². The molecule has 1 aliphatic rings. The molecule has 0 atom stereocenters. The molecule has 0 bridgehead atoms. The molecule has 0 radical (unpaired) electrons. The number of aryl methyl sites for hydroxylation is 1. The van der Waals surface area contributed by atoms with Crippen LogP contribution in [0.15, 0.2) is 30.5 Å². The number of aromatic nitrogens is 2. The maximum absolute atomic E-state index is 4.24. The first kappa shape index (κ1) is 9.60. The Hall–Kier alpha value is -1.61. The SMILES string of the molecule is Cn1nccc1-c1cccc2c1CCNC2. The summed E-state index contributed by atoms with van der Waals surface area (Å²) in [4.78, 5) is 0. The van der Waals surface area contributed by atoms with Gasteiger partial charge in [-0.05, 0) is 30.2 Å². The summed E-state index contributed by atoms with van der Waals surface area (Å²) in [6, 6.07) is 8.62. The van der Waals surface area contributed by atoms with Crippen LogP contribution < -0.4 is 5.32 Å². The number of nitrogens with one attached hydrogen (secondary N) is 1. The molecule has 82 valence electrons. The third-order valence-corrected chi connectivity index (χ3v) is 3.24. The Labute approximate surface area is 95.1 Å². The summed E-state index contributed by atoms with van der Waals surface area (Å²) in [5.74, 6) is 0. The van der Waals surface area contributed by atoms with E-state index >= 15 is 0 Å². The summed E-state index contributed by atoms with van der Waals surface area (Å²) in [5, 5.41) is 7.65. The standard InChI is InChI=1S/C13H15N3/c1-16-13(6-8-15-16)12-4-2-3-10-9-14-7-5-11(10)12/h2-4,6,8,14H,5,7,9H2,1H3. The predicted molar refractivity (Wildman–Crippen MR) is 64.1 cm³/mol. The van der Waals surface area contributed by atoms with E-state index in [-0.39, 0.29) is 0 Å². The molecule has 0 saturated heterocycles. The van der Waals surface area contributed by atoms with E-state index in [9.17, 15) is 0 Å². The minimum atomic E-state index is 0.987. The average molecular weight is 213 g/mol. The summed E-state index contributed by atoms with van der Waals surface area (Å²) in [6.45, 7) is 2.06. The quantitative estimate of drug-likeness (QED) is 0.782. The highest BCUT2D eigenvalue weighted by Gasteiger charge is 2.14. The Morgan fingerprint density at radius 2 is 2.25 bits per heavy atom. The van der Waals surface area contributed by atoms with Crippen LogP contribution in [0.4, 0.5) is 0 Å². The first-order valence-corrected chi connectivity index (χ1v) is 5.66. The van der Waals surface area contributed by atoms with Crippen LogP contribution in [0.5, 0.6) is 0 Å². The molecule has 3 heteroatoms. The molecule has 0 unspecified atom stereocenters. The highest BCUT2D eigenvalue weighted by molar-refractivity contribution is 5.66. The molecule has 0 aliphatic carbocycles. The van der Waals surface area contributed by atoms with E-state index in [1.807, 2.05) is 17.9 Å². The van der Waals surface area contributed by atoms with E-state index in [0.29, 0.717) is 0 Å². The zero-order valence-electron chi connectivity index (χ0n) is 9.40. The van der Waals surface area contributed by atoms with E-state index in [2.05, 4.69) is 34.7 Å². The summed E-state index contributed by atoms with van der Waals surface area (Å²) in [5.41, 5.74) is 5.44. The Balaban J connectivity index is 2.18. The maximum atomic E-state index is 4.24. The van der Waals surface area contributed by atoms with Crippen LogP contribution in [0.25, 0.3) is 11.3 Å². The lowest BCUT2D eigenvalue weighted by Gasteiger charge is -2.20. The third-order valence-electron chi connectivity index (χ3n) is 3.24. The molecule has 0 fully saturated rings. The van der Waals surface area contributed by atoms with Crippen LogP contribution >= 0.6 is 0 Å². The summed E-state index contributed by atoms with van der Waals surface area (Å²) >= 11 is 0. The summed E-state index contributed by atoms with van der Waals surface area (Å²) in [6.07, 6.45) is 2.96. The van der Waals surface area contributed by atoms with E-state index in [1.54, 1.807) is 0 Å². The second kappa shape index (κ2) is 3.76. The zero-order chi connectivity index (χ0) is 11.0. The molecule has 3 nitrogen and oxygen atoms in total. The van der Waals surface area contributed by atoms with Crippen molar-refractivity contribution >= 4 is 0 Å². The molecule has 1 aromatic carbocycles. The van der Waals surface area contributed by atoms with Crippen LogP contribution in [0.3, 0.4) is 0 Å². The minimum absolute atomic E-state index is 0.987. The van der Waals surface area contributed by atoms with Crippen LogP contribution in [0.1, 0.15) is 11.1 Å². The third kappa shape index (κ3) is 1.44. The Bertz CT molecular complexity index is 514. The molecule has 0 saturated carbocycles. The van der Waals surface area contributed by atoms with Crippen molar-refractivity contribution in [1.82, 2.24) is 15.1 Å². The lowest BCUT2D eigenvalue weighted by atomic mass is 9.94. The second-order valence-corrected chi connectivity index (χ2v) is 4.21. The Kier molecular flexibility index (Phi) is 2.26. The van der Waals surface area contributed by atoms with Crippen LogP contribution in [0.2, 0.25) is 0 Å². The highest BCUT2D eigenvalue weighted by atomic mass is 15.3. The van der Waals surface area contributed by atoms with E-state index in [0.717, 1.165) is 19.5 Å². The van der Waals surface area contributed by atoms with Crippen molar-refractivity contribution in [1.29, 1.82) is 0 Å². The number of hydrogen-bond donors (Lipinski definition) is 1. The molecule has 16 heavy (non-hydrogen) atoms. The number of hydrogen-bond acceptors (Lipinski definition) is 2. The van der Waals surface area contributed by atoms with Gasteiger partial charge < -0.3 is 5.32 Å². The predicted octanol–water partition coefficient (Wildman–Crippen LogP) is 1.73. The van der Waals surface area contributed by atoms with Gasteiger partial charge in [-0.2, -0.15) is 5.10 Å². The van der Waals surface area contributed by atoms with Crippen molar-refractivity contribution in [3.63, 3.8) is 0 Å². The van der Waals surface area contributed by atoms with E-state index in [4.69, 9.17) is 0 Å². The molecule has 1 aliphatic heterocycles. The molecular weight excluding hydrogens is 198 g/mol. The van der Waals surface area contributed by atoms with Gasteiger partial charge in [0.25, 0.3) is 0 Å². The molecule has 2 aromatic rings. The van der Waals surface area contributed by atoms with Crippen LogP contribution in [-0.2, 0) is 20.0 Å².